The van der Waals surface area contributed by atoms with E-state index in [0.717, 1.165) is 11.1 Å². The van der Waals surface area contributed by atoms with E-state index in [-0.39, 0.29) is 11.2 Å². The molecule has 0 amide bonds. The summed E-state index contributed by atoms with van der Waals surface area (Å²) in [7, 11) is 1.54. The molecule has 0 bridgehead atoms. The number of ether oxygens (including phenoxy) is 1. The van der Waals surface area contributed by atoms with Crippen molar-refractivity contribution in [2.75, 3.05) is 7.11 Å². The maximum Gasteiger partial charge on any atom is 0.165 e. The van der Waals surface area contributed by atoms with Crippen molar-refractivity contribution in [2.24, 2.45) is 5.73 Å². The molecule has 0 aliphatic carbocycles. The van der Waals surface area contributed by atoms with Crippen molar-refractivity contribution in [3.8, 4) is 11.5 Å². The second kappa shape index (κ2) is 4.22. The third-order valence-electron chi connectivity index (χ3n) is 2.83. The van der Waals surface area contributed by atoms with Crippen LogP contribution in [0.4, 0.5) is 0 Å². The topological polar surface area (TPSA) is 55.5 Å². The van der Waals surface area contributed by atoms with E-state index >= 15 is 0 Å². The standard InChI is InChI=1S/C14H23NO2/c1-13(2,3)9-7-10(14(4,5)15)12(17-6)11(16)8-9/h7-8,16H,15H2,1-6H3. The largest absolute Gasteiger partial charge is 0.504 e. The second-order valence-electron chi connectivity index (χ2n) is 6.05. The summed E-state index contributed by atoms with van der Waals surface area (Å²) < 4.78 is 5.24. The number of phenols is 1. The monoisotopic (exact) mass is 237 g/mol. The van der Waals surface area contributed by atoms with Gasteiger partial charge in [0.15, 0.2) is 11.5 Å². The molecule has 1 aromatic rings. The van der Waals surface area contributed by atoms with Crippen molar-refractivity contribution in [3.63, 3.8) is 0 Å². The van der Waals surface area contributed by atoms with Crippen LogP contribution in [0.5, 0.6) is 11.5 Å². The van der Waals surface area contributed by atoms with E-state index in [9.17, 15) is 5.11 Å². The first-order chi connectivity index (χ1) is 7.57. The van der Waals surface area contributed by atoms with Gasteiger partial charge in [-0.2, -0.15) is 0 Å². The van der Waals surface area contributed by atoms with Crippen LogP contribution in [0.1, 0.15) is 45.7 Å². The summed E-state index contributed by atoms with van der Waals surface area (Å²) in [5, 5.41) is 10.0. The zero-order valence-corrected chi connectivity index (χ0v) is 11.6. The van der Waals surface area contributed by atoms with Gasteiger partial charge in [-0.1, -0.05) is 20.8 Å². The molecule has 0 saturated carbocycles. The van der Waals surface area contributed by atoms with Gasteiger partial charge in [0, 0.05) is 11.1 Å². The Hall–Kier alpha value is -1.22. The Bertz CT molecular complexity index is 411. The van der Waals surface area contributed by atoms with Crippen LogP contribution < -0.4 is 10.5 Å². The molecule has 0 aliphatic heterocycles. The van der Waals surface area contributed by atoms with Gasteiger partial charge < -0.3 is 15.6 Å². The Morgan fingerprint density at radius 1 is 1.12 bits per heavy atom. The van der Waals surface area contributed by atoms with Gasteiger partial charge >= 0.3 is 0 Å². The molecule has 0 radical (unpaired) electrons. The number of nitrogens with two attached hydrogens (primary N) is 1. The van der Waals surface area contributed by atoms with Crippen molar-refractivity contribution in [1.29, 1.82) is 0 Å². The van der Waals surface area contributed by atoms with E-state index in [1.165, 1.54) is 0 Å². The molecule has 0 atom stereocenters. The Balaban J connectivity index is 3.51. The van der Waals surface area contributed by atoms with Crippen molar-refractivity contribution in [3.05, 3.63) is 23.3 Å². The molecule has 0 aromatic heterocycles. The molecule has 3 nitrogen and oxygen atoms in total. The fraction of sp³-hybridized carbons (Fsp3) is 0.571. The molecule has 0 heterocycles. The number of methoxy groups -OCH3 is 1. The smallest absolute Gasteiger partial charge is 0.165 e. The molecular weight excluding hydrogens is 214 g/mol. The zero-order chi connectivity index (χ0) is 13.4. The highest BCUT2D eigenvalue weighted by Gasteiger charge is 2.25. The summed E-state index contributed by atoms with van der Waals surface area (Å²) in [4.78, 5) is 0. The number of hydrogen-bond acceptors (Lipinski definition) is 3. The zero-order valence-electron chi connectivity index (χ0n) is 11.6. The van der Waals surface area contributed by atoms with Gasteiger partial charge in [-0.15, -0.1) is 0 Å². The Labute approximate surface area is 104 Å². The second-order valence-corrected chi connectivity index (χ2v) is 6.05. The highest BCUT2D eigenvalue weighted by atomic mass is 16.5. The molecule has 0 aliphatic rings. The van der Waals surface area contributed by atoms with Crippen LogP contribution >= 0.6 is 0 Å². The molecular formula is C14H23NO2. The number of benzene rings is 1. The fourth-order valence-corrected chi connectivity index (χ4v) is 1.74. The lowest BCUT2D eigenvalue weighted by molar-refractivity contribution is 0.357. The quantitative estimate of drug-likeness (QED) is 0.831. The van der Waals surface area contributed by atoms with E-state index in [4.69, 9.17) is 10.5 Å². The van der Waals surface area contributed by atoms with Crippen LogP contribution in [-0.4, -0.2) is 12.2 Å². The average Bonchev–Trinajstić information content (AvgIpc) is 2.13. The molecule has 1 rings (SSSR count). The van der Waals surface area contributed by atoms with Gasteiger partial charge in [-0.3, -0.25) is 0 Å². The van der Waals surface area contributed by atoms with Crippen molar-refractivity contribution >= 4 is 0 Å². The van der Waals surface area contributed by atoms with E-state index in [1.54, 1.807) is 13.2 Å². The minimum Gasteiger partial charge on any atom is -0.504 e. The van der Waals surface area contributed by atoms with Gasteiger partial charge in [0.1, 0.15) is 0 Å². The summed E-state index contributed by atoms with van der Waals surface area (Å²) in [6.07, 6.45) is 0. The molecule has 0 spiro atoms. The van der Waals surface area contributed by atoms with Gasteiger partial charge in [-0.05, 0) is 37.0 Å². The van der Waals surface area contributed by atoms with Crippen molar-refractivity contribution in [1.82, 2.24) is 0 Å². The Kier molecular flexibility index (Phi) is 3.44. The van der Waals surface area contributed by atoms with Crippen molar-refractivity contribution in [2.45, 2.75) is 45.6 Å². The molecule has 0 unspecified atom stereocenters. The SMILES string of the molecule is COc1c(O)cc(C(C)(C)C)cc1C(C)(C)N. The summed E-state index contributed by atoms with van der Waals surface area (Å²) in [5.74, 6) is 0.610. The first-order valence-electron chi connectivity index (χ1n) is 5.78. The molecule has 3 heteroatoms. The number of rotatable bonds is 2. The van der Waals surface area contributed by atoms with Gasteiger partial charge in [0.2, 0.25) is 0 Å². The summed E-state index contributed by atoms with van der Waals surface area (Å²) in [6.45, 7) is 10.1. The van der Waals surface area contributed by atoms with Crippen LogP contribution in [0.25, 0.3) is 0 Å². The average molecular weight is 237 g/mol. The summed E-state index contributed by atoms with van der Waals surface area (Å²) in [5.41, 5.74) is 7.40. The van der Waals surface area contributed by atoms with Gasteiger partial charge in [0.25, 0.3) is 0 Å². The molecule has 17 heavy (non-hydrogen) atoms. The first kappa shape index (κ1) is 13.8. The van der Waals surface area contributed by atoms with E-state index in [0.29, 0.717) is 5.75 Å². The van der Waals surface area contributed by atoms with E-state index < -0.39 is 5.54 Å². The Morgan fingerprint density at radius 3 is 2.00 bits per heavy atom. The summed E-state index contributed by atoms with van der Waals surface area (Å²) in [6, 6.07) is 3.76. The van der Waals surface area contributed by atoms with Crippen LogP contribution in [0.3, 0.4) is 0 Å². The number of aromatic hydroxyl groups is 1. The van der Waals surface area contributed by atoms with E-state index in [2.05, 4.69) is 20.8 Å². The van der Waals surface area contributed by atoms with Crippen LogP contribution in [0, 0.1) is 0 Å². The number of phenolic OH excluding ortho intramolecular Hbond substituents is 1. The minimum atomic E-state index is -0.552. The highest BCUT2D eigenvalue weighted by Crippen LogP contribution is 2.39. The lowest BCUT2D eigenvalue weighted by Gasteiger charge is -2.27. The normalized spacial score (nSPS) is 12.6. The van der Waals surface area contributed by atoms with E-state index in [1.807, 2.05) is 19.9 Å². The molecule has 3 N–H and O–H groups in total. The third-order valence-corrected chi connectivity index (χ3v) is 2.83. The summed E-state index contributed by atoms with van der Waals surface area (Å²) >= 11 is 0. The highest BCUT2D eigenvalue weighted by molar-refractivity contribution is 5.52. The molecule has 1 aromatic carbocycles. The fourth-order valence-electron chi connectivity index (χ4n) is 1.74. The van der Waals surface area contributed by atoms with Crippen molar-refractivity contribution < 1.29 is 9.84 Å². The lowest BCUT2D eigenvalue weighted by Crippen LogP contribution is -2.30. The van der Waals surface area contributed by atoms with Crippen LogP contribution in [0.15, 0.2) is 12.1 Å². The van der Waals surface area contributed by atoms with Gasteiger partial charge in [0.05, 0.1) is 7.11 Å². The molecule has 96 valence electrons. The Morgan fingerprint density at radius 2 is 1.65 bits per heavy atom. The maximum atomic E-state index is 10.0. The lowest BCUT2D eigenvalue weighted by atomic mass is 9.83. The first-order valence-corrected chi connectivity index (χ1v) is 5.78. The van der Waals surface area contributed by atoms with Crippen LogP contribution in [-0.2, 0) is 11.0 Å². The molecule has 0 saturated heterocycles. The minimum absolute atomic E-state index is 0.0379. The van der Waals surface area contributed by atoms with Crippen LogP contribution in [0.2, 0.25) is 0 Å². The maximum absolute atomic E-state index is 10.0. The predicted molar refractivity (Wildman–Crippen MR) is 70.6 cm³/mol. The van der Waals surface area contributed by atoms with Gasteiger partial charge in [-0.25, -0.2) is 0 Å². The number of hydrogen-bond donors (Lipinski definition) is 2. The third kappa shape index (κ3) is 2.91. The predicted octanol–water partition coefficient (Wildman–Crippen LogP) is 2.89. The molecule has 0 fully saturated rings.